The van der Waals surface area contributed by atoms with Gasteiger partial charge in [-0.3, -0.25) is 13.9 Å². The Morgan fingerprint density at radius 3 is 2.19 bits per heavy atom. The lowest BCUT2D eigenvalue weighted by Gasteiger charge is -2.22. The van der Waals surface area contributed by atoms with Gasteiger partial charge in [0.05, 0.1) is 11.9 Å². The molecule has 2 amide bonds. The number of sulfonamides is 1. The standard InChI is InChI=1S/C16H15F2N3O4S/c1-26(24,25)21(12-6-7-13(17)14(18)8-12)9-15(22)20-11-4-2-10(3-5-11)16(19)23/h2-8H,9H2,1H3,(H2,19,23)(H,20,22). The van der Waals surface area contributed by atoms with Crippen molar-refractivity contribution in [2.75, 3.05) is 22.4 Å². The van der Waals surface area contributed by atoms with Crippen molar-refractivity contribution in [3.05, 3.63) is 59.7 Å². The third-order valence-electron chi connectivity index (χ3n) is 3.33. The van der Waals surface area contributed by atoms with Gasteiger partial charge in [-0.2, -0.15) is 0 Å². The number of nitrogens with zero attached hydrogens (tertiary/aromatic N) is 1. The Morgan fingerprint density at radius 2 is 1.69 bits per heavy atom. The second-order valence-electron chi connectivity index (χ2n) is 5.36. The molecular formula is C16H15F2N3O4S. The predicted octanol–water partition coefficient (Wildman–Crippen LogP) is 1.47. The highest BCUT2D eigenvalue weighted by molar-refractivity contribution is 7.92. The molecule has 0 aromatic heterocycles. The van der Waals surface area contributed by atoms with Crippen molar-refractivity contribution in [1.29, 1.82) is 0 Å². The van der Waals surface area contributed by atoms with Crippen LogP contribution in [0.5, 0.6) is 0 Å². The number of rotatable bonds is 6. The van der Waals surface area contributed by atoms with Gasteiger partial charge < -0.3 is 11.1 Å². The smallest absolute Gasteiger partial charge is 0.248 e. The highest BCUT2D eigenvalue weighted by atomic mass is 32.2. The Balaban J connectivity index is 2.19. The summed E-state index contributed by atoms with van der Waals surface area (Å²) in [7, 11) is -3.93. The number of nitrogens with one attached hydrogen (secondary N) is 1. The van der Waals surface area contributed by atoms with Crippen LogP contribution in [-0.2, 0) is 14.8 Å². The maximum absolute atomic E-state index is 13.4. The third kappa shape index (κ3) is 4.76. The van der Waals surface area contributed by atoms with Crippen LogP contribution in [0.4, 0.5) is 20.2 Å². The Hall–Kier alpha value is -3.01. The molecule has 0 aliphatic carbocycles. The lowest BCUT2D eigenvalue weighted by molar-refractivity contribution is -0.114. The van der Waals surface area contributed by atoms with Gasteiger partial charge in [0.25, 0.3) is 0 Å². The molecule has 0 spiro atoms. The van der Waals surface area contributed by atoms with Gasteiger partial charge in [0.15, 0.2) is 11.6 Å². The van der Waals surface area contributed by atoms with Gasteiger partial charge in [-0.15, -0.1) is 0 Å². The quantitative estimate of drug-likeness (QED) is 0.787. The average molecular weight is 383 g/mol. The molecule has 0 unspecified atom stereocenters. The van der Waals surface area contributed by atoms with Crippen molar-refractivity contribution >= 4 is 33.2 Å². The molecule has 0 atom stereocenters. The number of hydrogen-bond acceptors (Lipinski definition) is 4. The van der Waals surface area contributed by atoms with Crippen molar-refractivity contribution in [3.63, 3.8) is 0 Å². The number of primary amides is 1. The van der Waals surface area contributed by atoms with Crippen molar-refractivity contribution < 1.29 is 26.8 Å². The molecule has 0 aliphatic heterocycles. The molecule has 3 N–H and O–H groups in total. The van der Waals surface area contributed by atoms with E-state index >= 15 is 0 Å². The normalized spacial score (nSPS) is 11.0. The van der Waals surface area contributed by atoms with Crippen LogP contribution in [0.2, 0.25) is 0 Å². The zero-order valence-electron chi connectivity index (χ0n) is 13.6. The summed E-state index contributed by atoms with van der Waals surface area (Å²) in [4.78, 5) is 23.1. The van der Waals surface area contributed by atoms with Crippen LogP contribution in [0.3, 0.4) is 0 Å². The van der Waals surface area contributed by atoms with E-state index in [4.69, 9.17) is 5.73 Å². The minimum atomic E-state index is -3.93. The SMILES string of the molecule is CS(=O)(=O)N(CC(=O)Nc1ccc(C(N)=O)cc1)c1ccc(F)c(F)c1. The molecule has 10 heteroatoms. The molecule has 0 saturated heterocycles. The first-order valence-electron chi connectivity index (χ1n) is 7.20. The van der Waals surface area contributed by atoms with E-state index in [1.807, 2.05) is 0 Å². The van der Waals surface area contributed by atoms with Crippen LogP contribution in [-0.4, -0.2) is 33.0 Å². The second kappa shape index (κ2) is 7.48. The van der Waals surface area contributed by atoms with Gasteiger partial charge >= 0.3 is 0 Å². The highest BCUT2D eigenvalue weighted by Crippen LogP contribution is 2.20. The molecule has 26 heavy (non-hydrogen) atoms. The van der Waals surface area contributed by atoms with Crippen LogP contribution >= 0.6 is 0 Å². The van der Waals surface area contributed by atoms with E-state index in [0.29, 0.717) is 16.1 Å². The zero-order valence-corrected chi connectivity index (χ0v) is 14.4. The molecule has 2 aromatic carbocycles. The fourth-order valence-electron chi connectivity index (χ4n) is 2.09. The first-order chi connectivity index (χ1) is 12.1. The summed E-state index contributed by atoms with van der Waals surface area (Å²) in [6.07, 6.45) is 0.837. The first kappa shape index (κ1) is 19.3. The topological polar surface area (TPSA) is 110 Å². The summed E-state index contributed by atoms with van der Waals surface area (Å²) < 4.78 is 50.9. The third-order valence-corrected chi connectivity index (χ3v) is 4.47. The fourth-order valence-corrected chi connectivity index (χ4v) is 2.94. The molecule has 0 radical (unpaired) electrons. The number of anilines is 2. The molecule has 138 valence electrons. The number of nitrogens with two attached hydrogens (primary N) is 1. The number of hydrogen-bond donors (Lipinski definition) is 2. The minimum absolute atomic E-state index is 0.189. The molecule has 0 saturated carbocycles. The Bertz CT molecular complexity index is 946. The van der Waals surface area contributed by atoms with Crippen LogP contribution < -0.4 is 15.4 Å². The maximum atomic E-state index is 13.4. The number of carbonyl (C=O) groups is 2. The van der Waals surface area contributed by atoms with Gasteiger partial charge in [0, 0.05) is 17.3 Å². The molecule has 0 bridgehead atoms. The number of benzene rings is 2. The number of carbonyl (C=O) groups excluding carboxylic acids is 2. The van der Waals surface area contributed by atoms with Crippen LogP contribution in [0, 0.1) is 11.6 Å². The zero-order chi connectivity index (χ0) is 19.5. The van der Waals surface area contributed by atoms with Crippen LogP contribution in [0.15, 0.2) is 42.5 Å². The van der Waals surface area contributed by atoms with Gasteiger partial charge in [0.1, 0.15) is 6.54 Å². The Kier molecular flexibility index (Phi) is 5.56. The van der Waals surface area contributed by atoms with Gasteiger partial charge in [-0.1, -0.05) is 0 Å². The van der Waals surface area contributed by atoms with Crippen LogP contribution in [0.1, 0.15) is 10.4 Å². The molecule has 0 aliphatic rings. The van der Waals surface area contributed by atoms with E-state index in [-0.39, 0.29) is 11.3 Å². The van der Waals surface area contributed by atoms with E-state index in [0.717, 1.165) is 18.4 Å². The molecule has 7 nitrogen and oxygen atoms in total. The second-order valence-corrected chi connectivity index (χ2v) is 7.26. The van der Waals surface area contributed by atoms with Crippen molar-refractivity contribution in [2.24, 2.45) is 5.73 Å². The summed E-state index contributed by atoms with van der Waals surface area (Å²) in [5, 5.41) is 2.44. The fraction of sp³-hybridized carbons (Fsp3) is 0.125. The van der Waals surface area contributed by atoms with Crippen LogP contribution in [0.25, 0.3) is 0 Å². The summed E-state index contributed by atoms with van der Waals surface area (Å²) in [6.45, 7) is -0.651. The predicted molar refractivity (Wildman–Crippen MR) is 92.1 cm³/mol. The average Bonchev–Trinajstić information content (AvgIpc) is 2.55. The summed E-state index contributed by atoms with van der Waals surface area (Å²) >= 11 is 0. The molecule has 2 aromatic rings. The summed E-state index contributed by atoms with van der Waals surface area (Å²) in [5.74, 6) is -3.73. The van der Waals surface area contributed by atoms with E-state index in [9.17, 15) is 26.8 Å². The van der Waals surface area contributed by atoms with E-state index in [1.165, 1.54) is 24.3 Å². The summed E-state index contributed by atoms with van der Waals surface area (Å²) in [5.41, 5.74) is 5.46. The molecular weight excluding hydrogens is 368 g/mol. The van der Waals surface area contributed by atoms with E-state index < -0.39 is 40.0 Å². The lowest BCUT2D eigenvalue weighted by atomic mass is 10.2. The number of halogens is 2. The number of amides is 2. The van der Waals surface area contributed by atoms with E-state index in [2.05, 4.69) is 5.32 Å². The molecule has 0 fully saturated rings. The van der Waals surface area contributed by atoms with Gasteiger partial charge in [0.2, 0.25) is 21.8 Å². The highest BCUT2D eigenvalue weighted by Gasteiger charge is 2.22. The molecule has 2 rings (SSSR count). The van der Waals surface area contributed by atoms with E-state index in [1.54, 1.807) is 0 Å². The first-order valence-corrected chi connectivity index (χ1v) is 9.05. The Labute approximate surface area is 148 Å². The van der Waals surface area contributed by atoms with Gasteiger partial charge in [-0.25, -0.2) is 17.2 Å². The largest absolute Gasteiger partial charge is 0.366 e. The lowest BCUT2D eigenvalue weighted by Crippen LogP contribution is -2.37. The molecule has 0 heterocycles. The maximum Gasteiger partial charge on any atom is 0.248 e. The van der Waals surface area contributed by atoms with Crippen molar-refractivity contribution in [1.82, 2.24) is 0 Å². The Morgan fingerprint density at radius 1 is 1.08 bits per heavy atom. The van der Waals surface area contributed by atoms with Gasteiger partial charge in [-0.05, 0) is 36.4 Å². The summed E-state index contributed by atoms with van der Waals surface area (Å²) in [6, 6.07) is 8.12. The van der Waals surface area contributed by atoms with Crippen molar-refractivity contribution in [2.45, 2.75) is 0 Å². The van der Waals surface area contributed by atoms with Crippen molar-refractivity contribution in [3.8, 4) is 0 Å². The minimum Gasteiger partial charge on any atom is -0.366 e. The monoisotopic (exact) mass is 383 g/mol.